The van der Waals surface area contributed by atoms with Crippen LogP contribution in [-0.4, -0.2) is 25.9 Å². The molecule has 0 aliphatic carbocycles. The highest BCUT2D eigenvalue weighted by Gasteiger charge is 2.19. The Balaban J connectivity index is 1.54. The van der Waals surface area contributed by atoms with Crippen molar-refractivity contribution >= 4 is 17.1 Å². The van der Waals surface area contributed by atoms with Crippen molar-refractivity contribution in [3.63, 3.8) is 0 Å². The Morgan fingerprint density at radius 2 is 1.93 bits per heavy atom. The summed E-state index contributed by atoms with van der Waals surface area (Å²) in [5.41, 5.74) is 2.58. The minimum absolute atomic E-state index is 0.133. The molecule has 0 saturated heterocycles. The van der Waals surface area contributed by atoms with Crippen molar-refractivity contribution < 1.29 is 23.4 Å². The van der Waals surface area contributed by atoms with Gasteiger partial charge in [0.1, 0.15) is 11.3 Å². The molecular weight excluding hydrogens is 358 g/mol. The van der Waals surface area contributed by atoms with Gasteiger partial charge in [0.15, 0.2) is 0 Å². The topological polar surface area (TPSA) is 69.9 Å². The zero-order valence-corrected chi connectivity index (χ0v) is 16.2. The third-order valence-corrected chi connectivity index (χ3v) is 4.24. The fourth-order valence-electron chi connectivity index (χ4n) is 2.89. The normalized spacial score (nSPS) is 10.8. The zero-order valence-electron chi connectivity index (χ0n) is 16.2. The number of furan rings is 1. The van der Waals surface area contributed by atoms with E-state index in [0.717, 1.165) is 24.9 Å². The Bertz CT molecular complexity index is 904. The summed E-state index contributed by atoms with van der Waals surface area (Å²) < 4.78 is 21.5. The summed E-state index contributed by atoms with van der Waals surface area (Å²) in [6.45, 7) is 6.05. The van der Waals surface area contributed by atoms with E-state index in [9.17, 15) is 4.79 Å². The van der Waals surface area contributed by atoms with Crippen LogP contribution in [0.25, 0.3) is 11.0 Å². The van der Waals surface area contributed by atoms with Crippen LogP contribution >= 0.6 is 0 Å². The average Bonchev–Trinajstić information content (AvgIpc) is 3.01. The largest absolute Gasteiger partial charge is 0.516 e. The Hall–Kier alpha value is -2.99. The van der Waals surface area contributed by atoms with Gasteiger partial charge in [0.05, 0.1) is 18.6 Å². The molecule has 0 fully saturated rings. The second-order valence-electron chi connectivity index (χ2n) is 6.29. The third kappa shape index (κ3) is 5.04. The van der Waals surface area contributed by atoms with Crippen molar-refractivity contribution in [2.45, 2.75) is 26.8 Å². The van der Waals surface area contributed by atoms with Crippen molar-refractivity contribution in [1.82, 2.24) is 5.32 Å². The molecule has 3 rings (SSSR count). The summed E-state index contributed by atoms with van der Waals surface area (Å²) in [4.78, 5) is 11.6. The highest BCUT2D eigenvalue weighted by molar-refractivity contribution is 5.89. The first-order valence-corrected chi connectivity index (χ1v) is 9.43. The second kappa shape index (κ2) is 9.80. The summed E-state index contributed by atoms with van der Waals surface area (Å²) in [5, 5.41) is 4.21. The van der Waals surface area contributed by atoms with Crippen LogP contribution in [0.4, 0.5) is 4.79 Å². The number of ether oxygens (including phenoxy) is 3. The minimum Gasteiger partial charge on any atom is -0.493 e. The molecule has 0 unspecified atom stereocenters. The molecule has 28 heavy (non-hydrogen) atoms. The smallest absolute Gasteiger partial charge is 0.493 e. The first-order chi connectivity index (χ1) is 13.7. The zero-order chi connectivity index (χ0) is 19.8. The molecule has 1 N–H and O–H groups in total. The summed E-state index contributed by atoms with van der Waals surface area (Å²) in [5.74, 6) is 0.842. The fraction of sp³-hybridized carbons (Fsp3) is 0.318. The lowest BCUT2D eigenvalue weighted by atomic mass is 10.1. The quantitative estimate of drug-likeness (QED) is 0.421. The molecule has 0 saturated carbocycles. The van der Waals surface area contributed by atoms with Gasteiger partial charge < -0.3 is 23.9 Å². The van der Waals surface area contributed by atoms with E-state index >= 15 is 0 Å². The average molecular weight is 383 g/mol. The maximum absolute atomic E-state index is 11.6. The predicted octanol–water partition coefficient (Wildman–Crippen LogP) is 4.84. The standard InChI is InChI=1S/C22H25NO5/c1-3-25-22(24)28-21-16(2)20-18(11-7-12-19(20)27-21)26-14-8-13-23-15-17-9-5-4-6-10-17/h4-7,9-12,23H,3,8,13-15H2,1-2H3. The fourth-order valence-corrected chi connectivity index (χ4v) is 2.89. The molecule has 0 spiro atoms. The maximum atomic E-state index is 11.6. The van der Waals surface area contributed by atoms with Gasteiger partial charge in [-0.05, 0) is 44.5 Å². The number of fused-ring (bicyclic) bond motifs is 1. The van der Waals surface area contributed by atoms with Crippen molar-refractivity contribution in [3.8, 4) is 11.7 Å². The van der Waals surface area contributed by atoms with Gasteiger partial charge in [-0.2, -0.15) is 0 Å². The van der Waals surface area contributed by atoms with Gasteiger partial charge in [-0.3, -0.25) is 0 Å². The Morgan fingerprint density at radius 3 is 2.71 bits per heavy atom. The summed E-state index contributed by atoms with van der Waals surface area (Å²) in [7, 11) is 0. The lowest BCUT2D eigenvalue weighted by Gasteiger charge is -2.08. The third-order valence-electron chi connectivity index (χ3n) is 4.24. The highest BCUT2D eigenvalue weighted by Crippen LogP contribution is 2.37. The molecule has 6 heteroatoms. The Kier molecular flexibility index (Phi) is 6.92. The molecule has 1 aromatic heterocycles. The maximum Gasteiger partial charge on any atom is 0.516 e. The van der Waals surface area contributed by atoms with Gasteiger partial charge in [0, 0.05) is 12.1 Å². The van der Waals surface area contributed by atoms with Crippen molar-refractivity contribution in [1.29, 1.82) is 0 Å². The SMILES string of the molecule is CCOC(=O)Oc1oc2cccc(OCCCNCc3ccccc3)c2c1C. The number of aryl methyl sites for hydroxylation is 1. The number of hydrogen-bond donors (Lipinski definition) is 1. The number of benzene rings is 2. The van der Waals surface area contributed by atoms with E-state index < -0.39 is 6.16 Å². The Morgan fingerprint density at radius 1 is 1.11 bits per heavy atom. The molecule has 0 bridgehead atoms. The van der Waals surface area contributed by atoms with Gasteiger partial charge >= 0.3 is 6.16 Å². The number of rotatable bonds is 9. The molecule has 0 radical (unpaired) electrons. The minimum atomic E-state index is -0.781. The van der Waals surface area contributed by atoms with Crippen LogP contribution in [0.3, 0.4) is 0 Å². The molecule has 6 nitrogen and oxygen atoms in total. The van der Waals surface area contributed by atoms with E-state index in [1.807, 2.05) is 43.3 Å². The number of carbonyl (C=O) groups is 1. The highest BCUT2D eigenvalue weighted by atomic mass is 16.8. The molecule has 1 heterocycles. The number of hydrogen-bond acceptors (Lipinski definition) is 6. The van der Waals surface area contributed by atoms with Gasteiger partial charge in [-0.1, -0.05) is 36.4 Å². The van der Waals surface area contributed by atoms with Crippen LogP contribution in [-0.2, 0) is 11.3 Å². The van der Waals surface area contributed by atoms with Crippen LogP contribution in [0.15, 0.2) is 52.9 Å². The first-order valence-electron chi connectivity index (χ1n) is 9.43. The van der Waals surface area contributed by atoms with Crippen LogP contribution in [0.5, 0.6) is 11.7 Å². The molecule has 2 aromatic carbocycles. The Labute approximate surface area is 164 Å². The lowest BCUT2D eigenvalue weighted by molar-refractivity contribution is 0.0953. The summed E-state index contributed by atoms with van der Waals surface area (Å²) in [6, 6.07) is 15.8. The van der Waals surface area contributed by atoms with Crippen LogP contribution in [0, 0.1) is 6.92 Å². The molecule has 0 amide bonds. The van der Waals surface area contributed by atoms with Crippen molar-refractivity contribution in [2.24, 2.45) is 0 Å². The molecular formula is C22H25NO5. The van der Waals surface area contributed by atoms with Gasteiger partial charge in [0.25, 0.3) is 5.95 Å². The van der Waals surface area contributed by atoms with E-state index in [1.54, 1.807) is 6.92 Å². The van der Waals surface area contributed by atoms with Crippen molar-refractivity contribution in [2.75, 3.05) is 19.8 Å². The molecule has 148 valence electrons. The molecule has 0 aliphatic rings. The summed E-state index contributed by atoms with van der Waals surface area (Å²) in [6.07, 6.45) is 0.0865. The van der Waals surface area contributed by atoms with Crippen LogP contribution < -0.4 is 14.8 Å². The van der Waals surface area contributed by atoms with Gasteiger partial charge in [0.2, 0.25) is 0 Å². The summed E-state index contributed by atoms with van der Waals surface area (Å²) >= 11 is 0. The molecule has 3 aromatic rings. The van der Waals surface area contributed by atoms with E-state index in [1.165, 1.54) is 5.56 Å². The van der Waals surface area contributed by atoms with E-state index in [0.29, 0.717) is 23.5 Å². The van der Waals surface area contributed by atoms with Gasteiger partial charge in [-0.15, -0.1) is 0 Å². The first kappa shape index (κ1) is 19.8. The predicted molar refractivity (Wildman–Crippen MR) is 107 cm³/mol. The number of carbonyl (C=O) groups excluding carboxylic acids is 1. The second-order valence-corrected chi connectivity index (χ2v) is 6.29. The lowest BCUT2D eigenvalue weighted by Crippen LogP contribution is -2.17. The molecule has 0 aliphatic heterocycles. The monoisotopic (exact) mass is 383 g/mol. The number of nitrogens with one attached hydrogen (secondary N) is 1. The molecule has 0 atom stereocenters. The van der Waals surface area contributed by atoms with E-state index in [-0.39, 0.29) is 12.6 Å². The van der Waals surface area contributed by atoms with E-state index in [2.05, 4.69) is 17.4 Å². The van der Waals surface area contributed by atoms with Crippen molar-refractivity contribution in [3.05, 3.63) is 59.7 Å². The van der Waals surface area contributed by atoms with Gasteiger partial charge in [-0.25, -0.2) is 4.79 Å². The van der Waals surface area contributed by atoms with E-state index in [4.69, 9.17) is 18.6 Å². The van der Waals surface area contributed by atoms with Crippen LogP contribution in [0.2, 0.25) is 0 Å². The van der Waals surface area contributed by atoms with Crippen LogP contribution in [0.1, 0.15) is 24.5 Å².